The fourth-order valence-corrected chi connectivity index (χ4v) is 3.44. The standard InChI is InChI=1S/C18H26N4O3/c1-17(2)11-19-16(25)18(20-12-17)6-8-22(9-7-18)15(24)13-4-5-14(23)21(3)10-13/h4-5,10,20H,6-9,11-12H2,1-3H3,(H,19,25). The van der Waals surface area contributed by atoms with Crippen LogP contribution in [-0.4, -0.2) is 53.0 Å². The van der Waals surface area contributed by atoms with Crippen LogP contribution in [0.5, 0.6) is 0 Å². The van der Waals surface area contributed by atoms with Crippen LogP contribution in [0, 0.1) is 5.41 Å². The maximum Gasteiger partial charge on any atom is 0.255 e. The van der Waals surface area contributed by atoms with Gasteiger partial charge in [0.15, 0.2) is 0 Å². The van der Waals surface area contributed by atoms with Gasteiger partial charge in [-0.15, -0.1) is 0 Å². The minimum absolute atomic E-state index is 0.0148. The van der Waals surface area contributed by atoms with Gasteiger partial charge in [0.2, 0.25) is 11.5 Å². The van der Waals surface area contributed by atoms with Gasteiger partial charge in [0.05, 0.1) is 5.56 Å². The third-order valence-electron chi connectivity index (χ3n) is 5.30. The highest BCUT2D eigenvalue weighted by Gasteiger charge is 2.44. The highest BCUT2D eigenvalue weighted by Crippen LogP contribution is 2.28. The van der Waals surface area contributed by atoms with E-state index in [4.69, 9.17) is 0 Å². The molecule has 0 saturated carbocycles. The molecule has 25 heavy (non-hydrogen) atoms. The summed E-state index contributed by atoms with van der Waals surface area (Å²) in [5.41, 5.74) is -0.219. The van der Waals surface area contributed by atoms with E-state index < -0.39 is 5.54 Å². The monoisotopic (exact) mass is 346 g/mol. The van der Waals surface area contributed by atoms with Gasteiger partial charge in [-0.25, -0.2) is 0 Å². The van der Waals surface area contributed by atoms with Crippen molar-refractivity contribution >= 4 is 11.8 Å². The van der Waals surface area contributed by atoms with Crippen molar-refractivity contribution in [2.24, 2.45) is 12.5 Å². The predicted molar refractivity (Wildman–Crippen MR) is 94.3 cm³/mol. The Labute approximate surface area is 147 Å². The van der Waals surface area contributed by atoms with Crippen LogP contribution in [0.2, 0.25) is 0 Å². The van der Waals surface area contributed by atoms with Crippen LogP contribution in [0.25, 0.3) is 0 Å². The highest BCUT2D eigenvalue weighted by molar-refractivity contribution is 5.94. The summed E-state index contributed by atoms with van der Waals surface area (Å²) in [4.78, 5) is 38.5. The van der Waals surface area contributed by atoms with E-state index in [1.54, 1.807) is 24.2 Å². The second kappa shape index (κ2) is 6.29. The minimum atomic E-state index is -0.589. The number of piperidine rings is 1. The molecule has 0 atom stereocenters. The van der Waals surface area contributed by atoms with E-state index in [2.05, 4.69) is 24.5 Å². The van der Waals surface area contributed by atoms with Gasteiger partial charge in [0.25, 0.3) is 5.91 Å². The Morgan fingerprint density at radius 1 is 1.12 bits per heavy atom. The number of rotatable bonds is 1. The van der Waals surface area contributed by atoms with Crippen LogP contribution in [0.4, 0.5) is 0 Å². The summed E-state index contributed by atoms with van der Waals surface area (Å²) >= 11 is 0. The van der Waals surface area contributed by atoms with E-state index in [1.807, 2.05) is 0 Å². The number of pyridine rings is 1. The molecular weight excluding hydrogens is 320 g/mol. The van der Waals surface area contributed by atoms with Crippen molar-refractivity contribution in [1.82, 2.24) is 20.1 Å². The van der Waals surface area contributed by atoms with Crippen LogP contribution in [0.3, 0.4) is 0 Å². The zero-order valence-corrected chi connectivity index (χ0v) is 15.1. The number of carbonyl (C=O) groups is 2. The van der Waals surface area contributed by atoms with Gasteiger partial charge in [-0.2, -0.15) is 0 Å². The molecule has 2 saturated heterocycles. The molecule has 2 fully saturated rings. The number of aromatic nitrogens is 1. The van der Waals surface area contributed by atoms with Gasteiger partial charge in [0.1, 0.15) is 5.54 Å². The maximum absolute atomic E-state index is 12.7. The first kappa shape index (κ1) is 17.7. The minimum Gasteiger partial charge on any atom is -0.354 e. The molecule has 0 unspecified atom stereocenters. The lowest BCUT2D eigenvalue weighted by Gasteiger charge is -2.40. The number of amides is 2. The van der Waals surface area contributed by atoms with E-state index in [0.29, 0.717) is 38.0 Å². The van der Waals surface area contributed by atoms with Gasteiger partial charge >= 0.3 is 0 Å². The summed E-state index contributed by atoms with van der Waals surface area (Å²) in [6.07, 6.45) is 2.74. The van der Waals surface area contributed by atoms with Gasteiger partial charge in [-0.1, -0.05) is 13.8 Å². The number of nitrogens with zero attached hydrogens (tertiary/aromatic N) is 2. The number of aryl methyl sites for hydroxylation is 1. The first-order chi connectivity index (χ1) is 11.7. The van der Waals surface area contributed by atoms with Crippen LogP contribution < -0.4 is 16.2 Å². The molecule has 1 aromatic rings. The number of nitrogens with one attached hydrogen (secondary N) is 2. The molecule has 2 aliphatic heterocycles. The van der Waals surface area contributed by atoms with Crippen LogP contribution in [-0.2, 0) is 11.8 Å². The Morgan fingerprint density at radius 2 is 1.80 bits per heavy atom. The molecule has 3 heterocycles. The molecule has 2 amide bonds. The fraction of sp³-hybridized carbons (Fsp3) is 0.611. The molecular formula is C18H26N4O3. The van der Waals surface area contributed by atoms with Crippen molar-refractivity contribution < 1.29 is 9.59 Å². The number of hydrogen-bond acceptors (Lipinski definition) is 4. The molecule has 0 aromatic carbocycles. The Kier molecular flexibility index (Phi) is 4.45. The van der Waals surface area contributed by atoms with Crippen LogP contribution in [0.1, 0.15) is 37.0 Å². The van der Waals surface area contributed by atoms with Crippen molar-refractivity contribution in [1.29, 1.82) is 0 Å². The number of likely N-dealkylation sites (tertiary alicyclic amines) is 1. The van der Waals surface area contributed by atoms with E-state index >= 15 is 0 Å². The quantitative estimate of drug-likeness (QED) is 0.756. The smallest absolute Gasteiger partial charge is 0.255 e. The van der Waals surface area contributed by atoms with Crippen molar-refractivity contribution in [3.05, 3.63) is 34.2 Å². The summed E-state index contributed by atoms with van der Waals surface area (Å²) in [6.45, 7) is 6.70. The summed E-state index contributed by atoms with van der Waals surface area (Å²) in [5.74, 6) is -0.0629. The Bertz CT molecular complexity index is 745. The Hall–Kier alpha value is -2.15. The van der Waals surface area contributed by atoms with Crippen molar-refractivity contribution in [2.75, 3.05) is 26.2 Å². The lowest BCUT2D eigenvalue weighted by Crippen LogP contribution is -2.61. The first-order valence-electron chi connectivity index (χ1n) is 8.72. The summed E-state index contributed by atoms with van der Waals surface area (Å²) in [7, 11) is 1.63. The molecule has 3 rings (SSSR count). The molecule has 0 aliphatic carbocycles. The van der Waals surface area contributed by atoms with Gasteiger partial charge < -0.3 is 20.1 Å². The van der Waals surface area contributed by atoms with E-state index in [1.165, 1.54) is 10.6 Å². The zero-order valence-electron chi connectivity index (χ0n) is 15.1. The van der Waals surface area contributed by atoms with Gasteiger partial charge in [-0.3, -0.25) is 14.4 Å². The van der Waals surface area contributed by atoms with Crippen LogP contribution in [0.15, 0.2) is 23.1 Å². The summed E-state index contributed by atoms with van der Waals surface area (Å²) < 4.78 is 1.40. The second-order valence-corrected chi connectivity index (χ2v) is 7.94. The van der Waals surface area contributed by atoms with Gasteiger partial charge in [-0.05, 0) is 24.3 Å². The normalized spacial score (nSPS) is 22.4. The molecule has 1 aromatic heterocycles. The molecule has 1 spiro atoms. The molecule has 0 radical (unpaired) electrons. The third kappa shape index (κ3) is 3.46. The Morgan fingerprint density at radius 3 is 2.44 bits per heavy atom. The lowest BCUT2D eigenvalue weighted by molar-refractivity contribution is -0.128. The molecule has 136 valence electrons. The van der Waals surface area contributed by atoms with E-state index in [-0.39, 0.29) is 22.8 Å². The first-order valence-corrected chi connectivity index (χ1v) is 8.72. The largest absolute Gasteiger partial charge is 0.354 e. The third-order valence-corrected chi connectivity index (χ3v) is 5.30. The van der Waals surface area contributed by atoms with E-state index in [0.717, 1.165) is 6.54 Å². The van der Waals surface area contributed by atoms with Crippen LogP contribution >= 0.6 is 0 Å². The zero-order chi connectivity index (χ0) is 18.2. The molecule has 0 bridgehead atoms. The van der Waals surface area contributed by atoms with Gasteiger partial charge in [0, 0.05) is 45.5 Å². The summed E-state index contributed by atoms with van der Waals surface area (Å²) in [5, 5.41) is 6.50. The Balaban J connectivity index is 1.70. The molecule has 7 heteroatoms. The van der Waals surface area contributed by atoms with Crippen molar-refractivity contribution in [3.8, 4) is 0 Å². The average Bonchev–Trinajstić information content (AvgIpc) is 2.70. The molecule has 7 nitrogen and oxygen atoms in total. The average molecular weight is 346 g/mol. The summed E-state index contributed by atoms with van der Waals surface area (Å²) in [6, 6.07) is 2.97. The maximum atomic E-state index is 12.7. The van der Waals surface area contributed by atoms with Crippen molar-refractivity contribution in [2.45, 2.75) is 32.2 Å². The number of carbonyl (C=O) groups excluding carboxylic acids is 2. The highest BCUT2D eigenvalue weighted by atomic mass is 16.2. The SMILES string of the molecule is Cn1cc(C(=O)N2CCC3(CC2)NCC(C)(C)CNC3=O)ccc1=O. The number of hydrogen-bond donors (Lipinski definition) is 2. The molecule has 2 aliphatic rings. The predicted octanol–water partition coefficient (Wildman–Crippen LogP) is 0.106. The topological polar surface area (TPSA) is 83.4 Å². The lowest BCUT2D eigenvalue weighted by atomic mass is 9.86. The fourth-order valence-electron chi connectivity index (χ4n) is 3.44. The second-order valence-electron chi connectivity index (χ2n) is 7.94. The van der Waals surface area contributed by atoms with E-state index in [9.17, 15) is 14.4 Å². The molecule has 2 N–H and O–H groups in total. The van der Waals surface area contributed by atoms with Crippen molar-refractivity contribution in [3.63, 3.8) is 0 Å².